The molecule has 82 valence electrons. The second-order valence-corrected chi connectivity index (χ2v) is 3.39. The van der Waals surface area contributed by atoms with Crippen molar-refractivity contribution >= 4 is 11.7 Å². The van der Waals surface area contributed by atoms with Crippen molar-refractivity contribution in [3.8, 4) is 0 Å². The van der Waals surface area contributed by atoms with Gasteiger partial charge in [0, 0.05) is 18.3 Å². The number of carbonyl (C=O) groups excluding carboxylic acids is 1. The highest BCUT2D eigenvalue weighted by molar-refractivity contribution is 5.89. The van der Waals surface area contributed by atoms with Crippen molar-refractivity contribution in [3.05, 3.63) is 30.3 Å². The third kappa shape index (κ3) is 4.46. The number of benzene rings is 1. The molecule has 0 aromatic heterocycles. The van der Waals surface area contributed by atoms with Crippen LogP contribution in [0.5, 0.6) is 0 Å². The quantitative estimate of drug-likeness (QED) is 0.699. The molecule has 15 heavy (non-hydrogen) atoms. The van der Waals surface area contributed by atoms with Crippen LogP contribution >= 0.6 is 0 Å². The van der Waals surface area contributed by atoms with Gasteiger partial charge in [0.1, 0.15) is 0 Å². The van der Waals surface area contributed by atoms with E-state index >= 15 is 0 Å². The first-order valence-electron chi connectivity index (χ1n) is 4.99. The molecule has 4 heteroatoms. The van der Waals surface area contributed by atoms with E-state index in [2.05, 4.69) is 16.0 Å². The molecule has 0 fully saturated rings. The van der Waals surface area contributed by atoms with Gasteiger partial charge in [-0.2, -0.15) is 0 Å². The van der Waals surface area contributed by atoms with E-state index in [1.807, 2.05) is 44.3 Å². The molecule has 1 rings (SSSR count). The van der Waals surface area contributed by atoms with Crippen molar-refractivity contribution in [2.75, 3.05) is 18.9 Å². The molecule has 0 bridgehead atoms. The highest BCUT2D eigenvalue weighted by atomic mass is 16.2. The third-order valence-electron chi connectivity index (χ3n) is 2.09. The maximum atomic E-state index is 11.4. The van der Waals surface area contributed by atoms with Gasteiger partial charge in [-0.3, -0.25) is 0 Å². The fourth-order valence-electron chi connectivity index (χ4n) is 1.04. The van der Waals surface area contributed by atoms with Crippen LogP contribution in [-0.4, -0.2) is 25.7 Å². The van der Waals surface area contributed by atoms with Crippen LogP contribution in [0.1, 0.15) is 6.92 Å². The van der Waals surface area contributed by atoms with Crippen LogP contribution in [0, 0.1) is 0 Å². The summed E-state index contributed by atoms with van der Waals surface area (Å²) in [4.78, 5) is 11.4. The van der Waals surface area contributed by atoms with E-state index in [4.69, 9.17) is 0 Å². The maximum absolute atomic E-state index is 11.4. The molecule has 1 unspecified atom stereocenters. The van der Waals surface area contributed by atoms with E-state index < -0.39 is 0 Å². The van der Waals surface area contributed by atoms with Crippen LogP contribution in [0.25, 0.3) is 0 Å². The summed E-state index contributed by atoms with van der Waals surface area (Å²) in [5.74, 6) is 0. The number of para-hydroxylation sites is 1. The van der Waals surface area contributed by atoms with Gasteiger partial charge in [-0.15, -0.1) is 0 Å². The molecule has 0 spiro atoms. The number of anilines is 1. The van der Waals surface area contributed by atoms with E-state index in [1.54, 1.807) is 0 Å². The molecule has 1 atom stereocenters. The monoisotopic (exact) mass is 207 g/mol. The number of amides is 2. The lowest BCUT2D eigenvalue weighted by Gasteiger charge is -2.12. The molecular formula is C11H17N3O. The summed E-state index contributed by atoms with van der Waals surface area (Å²) in [6.45, 7) is 2.61. The lowest BCUT2D eigenvalue weighted by molar-refractivity contribution is 0.251. The SMILES string of the molecule is CNC(C)CNC(=O)Nc1ccccc1. The van der Waals surface area contributed by atoms with Gasteiger partial charge in [-0.25, -0.2) is 4.79 Å². The van der Waals surface area contributed by atoms with E-state index in [9.17, 15) is 4.79 Å². The van der Waals surface area contributed by atoms with Gasteiger partial charge in [-0.1, -0.05) is 18.2 Å². The summed E-state index contributed by atoms with van der Waals surface area (Å²) >= 11 is 0. The summed E-state index contributed by atoms with van der Waals surface area (Å²) in [5, 5.41) is 8.55. The Balaban J connectivity index is 2.31. The Bertz CT molecular complexity index is 300. The van der Waals surface area contributed by atoms with E-state index in [1.165, 1.54) is 0 Å². The van der Waals surface area contributed by atoms with Gasteiger partial charge in [0.15, 0.2) is 0 Å². The predicted octanol–water partition coefficient (Wildman–Crippen LogP) is 1.42. The average molecular weight is 207 g/mol. The standard InChI is InChI=1S/C11H17N3O/c1-9(12-2)8-13-11(15)14-10-6-4-3-5-7-10/h3-7,9,12H,8H2,1-2H3,(H2,13,14,15). The lowest BCUT2D eigenvalue weighted by atomic mass is 10.3. The molecule has 0 aliphatic carbocycles. The minimum atomic E-state index is -0.177. The van der Waals surface area contributed by atoms with Gasteiger partial charge < -0.3 is 16.0 Å². The highest BCUT2D eigenvalue weighted by Crippen LogP contribution is 2.03. The van der Waals surface area contributed by atoms with Crippen molar-refractivity contribution in [3.63, 3.8) is 0 Å². The first-order valence-corrected chi connectivity index (χ1v) is 4.99. The summed E-state index contributed by atoms with van der Waals surface area (Å²) < 4.78 is 0. The molecular weight excluding hydrogens is 190 g/mol. The second kappa shape index (κ2) is 6.03. The van der Waals surface area contributed by atoms with Gasteiger partial charge in [0.25, 0.3) is 0 Å². The highest BCUT2D eigenvalue weighted by Gasteiger charge is 2.02. The minimum Gasteiger partial charge on any atom is -0.336 e. The number of urea groups is 1. The predicted molar refractivity (Wildman–Crippen MR) is 62.0 cm³/mol. The van der Waals surface area contributed by atoms with E-state index in [0.29, 0.717) is 6.54 Å². The number of carbonyl (C=O) groups is 1. The van der Waals surface area contributed by atoms with Crippen LogP contribution < -0.4 is 16.0 Å². The molecule has 2 amide bonds. The van der Waals surface area contributed by atoms with Crippen LogP contribution in [0.3, 0.4) is 0 Å². The van der Waals surface area contributed by atoms with Crippen molar-refractivity contribution in [2.24, 2.45) is 0 Å². The number of likely N-dealkylation sites (N-methyl/N-ethyl adjacent to an activating group) is 1. The average Bonchev–Trinajstić information content (AvgIpc) is 2.27. The zero-order chi connectivity index (χ0) is 11.1. The summed E-state index contributed by atoms with van der Waals surface area (Å²) in [6, 6.07) is 9.46. The molecule has 0 saturated carbocycles. The molecule has 0 aliphatic heterocycles. The van der Waals surface area contributed by atoms with Gasteiger partial charge in [-0.05, 0) is 26.1 Å². The summed E-state index contributed by atoms with van der Waals surface area (Å²) in [6.07, 6.45) is 0. The molecule has 3 N–H and O–H groups in total. The van der Waals surface area contributed by atoms with Crippen LogP contribution in [0.15, 0.2) is 30.3 Å². The van der Waals surface area contributed by atoms with E-state index in [0.717, 1.165) is 5.69 Å². The van der Waals surface area contributed by atoms with Crippen molar-refractivity contribution in [2.45, 2.75) is 13.0 Å². The largest absolute Gasteiger partial charge is 0.336 e. The van der Waals surface area contributed by atoms with Crippen LogP contribution in [0.4, 0.5) is 10.5 Å². The van der Waals surface area contributed by atoms with Crippen LogP contribution in [-0.2, 0) is 0 Å². The molecule has 0 heterocycles. The lowest BCUT2D eigenvalue weighted by Crippen LogP contribution is -2.39. The molecule has 1 aromatic rings. The molecule has 0 radical (unpaired) electrons. The van der Waals surface area contributed by atoms with Crippen LogP contribution in [0.2, 0.25) is 0 Å². The van der Waals surface area contributed by atoms with Gasteiger partial charge in [0.05, 0.1) is 0 Å². The Labute approximate surface area is 90.1 Å². The Morgan fingerprint density at radius 2 is 2.00 bits per heavy atom. The topological polar surface area (TPSA) is 53.2 Å². The number of hydrogen-bond acceptors (Lipinski definition) is 2. The number of hydrogen-bond donors (Lipinski definition) is 3. The fraction of sp³-hybridized carbons (Fsp3) is 0.364. The van der Waals surface area contributed by atoms with Crippen molar-refractivity contribution < 1.29 is 4.79 Å². The Morgan fingerprint density at radius 1 is 1.33 bits per heavy atom. The number of nitrogens with one attached hydrogen (secondary N) is 3. The summed E-state index contributed by atoms with van der Waals surface area (Å²) in [7, 11) is 1.86. The molecule has 0 saturated heterocycles. The van der Waals surface area contributed by atoms with Gasteiger partial charge >= 0.3 is 6.03 Å². The van der Waals surface area contributed by atoms with E-state index in [-0.39, 0.29) is 12.1 Å². The first-order chi connectivity index (χ1) is 7.22. The fourth-order valence-corrected chi connectivity index (χ4v) is 1.04. The Kier molecular flexibility index (Phi) is 4.63. The number of rotatable bonds is 4. The van der Waals surface area contributed by atoms with Crippen molar-refractivity contribution in [1.82, 2.24) is 10.6 Å². The molecule has 1 aromatic carbocycles. The first kappa shape index (κ1) is 11.5. The third-order valence-corrected chi connectivity index (χ3v) is 2.09. The summed E-state index contributed by atoms with van der Waals surface area (Å²) in [5.41, 5.74) is 0.798. The normalized spacial score (nSPS) is 11.9. The molecule has 4 nitrogen and oxygen atoms in total. The second-order valence-electron chi connectivity index (χ2n) is 3.39. The Morgan fingerprint density at radius 3 is 2.60 bits per heavy atom. The zero-order valence-corrected chi connectivity index (χ0v) is 9.08. The maximum Gasteiger partial charge on any atom is 0.319 e. The zero-order valence-electron chi connectivity index (χ0n) is 9.08. The smallest absolute Gasteiger partial charge is 0.319 e. The van der Waals surface area contributed by atoms with Gasteiger partial charge in [0.2, 0.25) is 0 Å². The minimum absolute atomic E-state index is 0.177. The molecule has 0 aliphatic rings. The van der Waals surface area contributed by atoms with Crippen molar-refractivity contribution in [1.29, 1.82) is 0 Å². The Hall–Kier alpha value is -1.55.